The van der Waals surface area contributed by atoms with Crippen LogP contribution in [0, 0.1) is 5.41 Å². The van der Waals surface area contributed by atoms with Gasteiger partial charge in [0.1, 0.15) is 5.75 Å². The van der Waals surface area contributed by atoms with Crippen molar-refractivity contribution >= 4 is 5.69 Å². The van der Waals surface area contributed by atoms with Gasteiger partial charge in [-0.25, -0.2) is 0 Å². The second-order valence-corrected chi connectivity index (χ2v) is 11.5. The first-order valence-electron chi connectivity index (χ1n) is 14.1. The molecule has 3 aliphatic rings. The van der Waals surface area contributed by atoms with Crippen molar-refractivity contribution in [2.75, 3.05) is 31.1 Å². The zero-order valence-electron chi connectivity index (χ0n) is 21.5. The van der Waals surface area contributed by atoms with E-state index < -0.39 is 0 Å². The molecule has 0 aromatic heterocycles. The first kappa shape index (κ1) is 23.6. The molecule has 0 unspecified atom stereocenters. The Morgan fingerprint density at radius 2 is 1.56 bits per heavy atom. The summed E-state index contributed by atoms with van der Waals surface area (Å²) in [5, 5.41) is 13.7. The Morgan fingerprint density at radius 3 is 2.33 bits per heavy atom. The minimum atomic E-state index is 0.316. The number of phenols is 1. The molecule has 1 spiro atoms. The van der Waals surface area contributed by atoms with Crippen molar-refractivity contribution in [2.24, 2.45) is 5.41 Å². The SMILES string of the molecule is Oc1ccc2c(c1)CC[C@H](c1ccccc1)[C@@H]2c1ccc(N2CCCC3(CCCNCCC3)C2)cc1. The zero-order valence-corrected chi connectivity index (χ0v) is 21.5. The quantitative estimate of drug-likeness (QED) is 0.423. The van der Waals surface area contributed by atoms with Crippen LogP contribution in [0.1, 0.15) is 79.0 Å². The van der Waals surface area contributed by atoms with Gasteiger partial charge in [0.2, 0.25) is 0 Å². The summed E-state index contributed by atoms with van der Waals surface area (Å²) < 4.78 is 0. The van der Waals surface area contributed by atoms with E-state index >= 15 is 0 Å². The molecule has 188 valence electrons. The molecule has 2 fully saturated rings. The Morgan fingerprint density at radius 1 is 0.806 bits per heavy atom. The fraction of sp³-hybridized carbons (Fsp3) is 0.455. The van der Waals surface area contributed by atoms with Gasteiger partial charge in [0.15, 0.2) is 0 Å². The molecule has 2 heterocycles. The molecule has 0 saturated carbocycles. The Bertz CT molecular complexity index is 1150. The first-order chi connectivity index (χ1) is 17.7. The van der Waals surface area contributed by atoms with Gasteiger partial charge in [-0.2, -0.15) is 0 Å². The maximum Gasteiger partial charge on any atom is 0.115 e. The number of aryl methyl sites for hydroxylation is 1. The van der Waals surface area contributed by atoms with Gasteiger partial charge in [-0.3, -0.25) is 0 Å². The highest BCUT2D eigenvalue weighted by Crippen LogP contribution is 2.47. The van der Waals surface area contributed by atoms with Gasteiger partial charge in [0.05, 0.1) is 0 Å². The van der Waals surface area contributed by atoms with Crippen LogP contribution >= 0.6 is 0 Å². The van der Waals surface area contributed by atoms with Crippen LogP contribution in [0.3, 0.4) is 0 Å². The lowest BCUT2D eigenvalue weighted by molar-refractivity contribution is 0.176. The molecule has 3 aromatic carbocycles. The van der Waals surface area contributed by atoms with E-state index in [4.69, 9.17) is 0 Å². The van der Waals surface area contributed by atoms with Gasteiger partial charge >= 0.3 is 0 Å². The molecule has 1 aliphatic carbocycles. The first-order valence-corrected chi connectivity index (χ1v) is 14.1. The molecule has 0 bridgehead atoms. The monoisotopic (exact) mass is 480 g/mol. The average molecular weight is 481 g/mol. The molecule has 0 radical (unpaired) electrons. The molecule has 6 rings (SSSR count). The molecule has 2 atom stereocenters. The number of fused-ring (bicyclic) bond motifs is 1. The fourth-order valence-electron chi connectivity index (χ4n) is 7.43. The van der Waals surface area contributed by atoms with E-state index in [1.807, 2.05) is 12.1 Å². The summed E-state index contributed by atoms with van der Waals surface area (Å²) in [6.07, 6.45) is 10.2. The van der Waals surface area contributed by atoms with Gasteiger partial charge in [0.25, 0.3) is 0 Å². The van der Waals surface area contributed by atoms with Crippen LogP contribution in [0.25, 0.3) is 0 Å². The van der Waals surface area contributed by atoms with Gasteiger partial charge in [0, 0.05) is 24.7 Å². The molecular formula is C33H40N2O. The average Bonchev–Trinajstić information content (AvgIpc) is 2.91. The number of hydrogen-bond donors (Lipinski definition) is 2. The number of nitrogens with zero attached hydrogens (tertiary/aromatic N) is 1. The summed E-state index contributed by atoms with van der Waals surface area (Å²) in [6.45, 7) is 4.75. The van der Waals surface area contributed by atoms with Crippen LogP contribution in [0.5, 0.6) is 5.75 Å². The zero-order chi connectivity index (χ0) is 24.4. The second kappa shape index (κ2) is 10.3. The van der Waals surface area contributed by atoms with E-state index in [1.165, 1.54) is 92.6 Å². The topological polar surface area (TPSA) is 35.5 Å². The van der Waals surface area contributed by atoms with Crippen LogP contribution in [0.2, 0.25) is 0 Å². The van der Waals surface area contributed by atoms with Crippen LogP contribution in [-0.4, -0.2) is 31.3 Å². The third-order valence-electron chi connectivity index (χ3n) is 9.22. The third-order valence-corrected chi connectivity index (χ3v) is 9.22. The van der Waals surface area contributed by atoms with Crippen LogP contribution in [0.15, 0.2) is 72.8 Å². The highest BCUT2D eigenvalue weighted by molar-refractivity contribution is 5.53. The maximum absolute atomic E-state index is 10.1. The summed E-state index contributed by atoms with van der Waals surface area (Å²) in [5.74, 6) is 1.15. The summed E-state index contributed by atoms with van der Waals surface area (Å²) in [6, 6.07) is 26.6. The van der Waals surface area contributed by atoms with Gasteiger partial charge < -0.3 is 15.3 Å². The van der Waals surface area contributed by atoms with Gasteiger partial charge in [-0.05, 0) is 122 Å². The lowest BCUT2D eigenvalue weighted by Crippen LogP contribution is -2.44. The standard InChI is InChI=1S/C33H40N2O/c36-29-14-16-31-27(23-29)11-15-30(25-7-2-1-3-8-25)32(31)26-9-12-28(13-10-26)35-22-6-19-33(24-35)17-4-20-34-21-5-18-33/h1-3,7-10,12-14,16,23,30,32,34,36H,4-6,11,15,17-22,24H2/t30-,32+/m1/s1. The van der Waals surface area contributed by atoms with E-state index in [2.05, 4.69) is 70.9 Å². The highest BCUT2D eigenvalue weighted by Gasteiger charge is 2.36. The number of anilines is 1. The molecule has 2 aliphatic heterocycles. The second-order valence-electron chi connectivity index (χ2n) is 11.5. The van der Waals surface area contributed by atoms with E-state index in [-0.39, 0.29) is 0 Å². The van der Waals surface area contributed by atoms with E-state index in [0.717, 1.165) is 12.8 Å². The lowest BCUT2D eigenvalue weighted by atomic mass is 9.69. The highest BCUT2D eigenvalue weighted by atomic mass is 16.3. The van der Waals surface area contributed by atoms with E-state index in [9.17, 15) is 5.11 Å². The Balaban J connectivity index is 1.29. The number of rotatable bonds is 3. The minimum absolute atomic E-state index is 0.316. The van der Waals surface area contributed by atoms with Crippen molar-refractivity contribution in [3.8, 4) is 5.75 Å². The van der Waals surface area contributed by atoms with Gasteiger partial charge in [-0.15, -0.1) is 0 Å². The number of hydrogen-bond acceptors (Lipinski definition) is 3. The summed E-state index contributed by atoms with van der Waals surface area (Å²) in [7, 11) is 0. The number of nitrogens with one attached hydrogen (secondary N) is 1. The minimum Gasteiger partial charge on any atom is -0.508 e. The molecule has 3 aromatic rings. The maximum atomic E-state index is 10.1. The summed E-state index contributed by atoms with van der Waals surface area (Å²) in [4.78, 5) is 2.67. The number of benzene rings is 3. The van der Waals surface area contributed by atoms with Crippen molar-refractivity contribution in [1.29, 1.82) is 0 Å². The van der Waals surface area contributed by atoms with Crippen molar-refractivity contribution in [3.05, 3.63) is 95.1 Å². The van der Waals surface area contributed by atoms with Crippen LogP contribution in [0.4, 0.5) is 5.69 Å². The number of piperidine rings is 1. The predicted molar refractivity (Wildman–Crippen MR) is 149 cm³/mol. The van der Waals surface area contributed by atoms with Crippen molar-refractivity contribution in [3.63, 3.8) is 0 Å². The molecular weight excluding hydrogens is 440 g/mol. The largest absolute Gasteiger partial charge is 0.508 e. The van der Waals surface area contributed by atoms with Crippen LogP contribution in [-0.2, 0) is 6.42 Å². The Hall–Kier alpha value is -2.78. The van der Waals surface area contributed by atoms with Gasteiger partial charge in [-0.1, -0.05) is 48.5 Å². The third kappa shape index (κ3) is 4.78. The lowest BCUT2D eigenvalue weighted by Gasteiger charge is -2.45. The molecule has 2 saturated heterocycles. The molecule has 3 heteroatoms. The summed E-state index contributed by atoms with van der Waals surface area (Å²) >= 11 is 0. The van der Waals surface area contributed by atoms with E-state index in [1.54, 1.807) is 0 Å². The Kier molecular flexibility index (Phi) is 6.75. The Labute approximate surface area is 216 Å². The van der Waals surface area contributed by atoms with E-state index in [0.29, 0.717) is 23.0 Å². The van der Waals surface area contributed by atoms with Crippen molar-refractivity contribution in [2.45, 2.75) is 63.2 Å². The molecule has 2 N–H and O–H groups in total. The number of phenolic OH excluding ortho intramolecular Hbond substituents is 1. The van der Waals surface area contributed by atoms with Crippen LogP contribution < -0.4 is 10.2 Å². The fourth-order valence-corrected chi connectivity index (χ4v) is 7.43. The molecule has 36 heavy (non-hydrogen) atoms. The van der Waals surface area contributed by atoms with Crippen molar-refractivity contribution < 1.29 is 5.11 Å². The summed E-state index contributed by atoms with van der Waals surface area (Å²) in [5.41, 5.74) is 7.37. The normalized spacial score (nSPS) is 24.1. The molecule has 3 nitrogen and oxygen atoms in total. The smallest absolute Gasteiger partial charge is 0.115 e. The predicted octanol–water partition coefficient (Wildman–Crippen LogP) is 7.00. The van der Waals surface area contributed by atoms with Crippen molar-refractivity contribution in [1.82, 2.24) is 5.32 Å². The number of aromatic hydroxyl groups is 1. The molecule has 0 amide bonds.